The highest BCUT2D eigenvalue weighted by Gasteiger charge is 2.11. The maximum absolute atomic E-state index is 4.75. The van der Waals surface area contributed by atoms with Crippen LogP contribution in [0.5, 0.6) is 0 Å². The zero-order chi connectivity index (χ0) is 14.8. The van der Waals surface area contributed by atoms with Gasteiger partial charge in [0.05, 0.1) is 9.30 Å². The summed E-state index contributed by atoms with van der Waals surface area (Å²) in [5.41, 5.74) is 3.24. The standard InChI is InChI=1S/C16H16BrN3S/c1-3-7-18-16-14-10(2)5-4-6-12(14)19-15(20-16)11-8-13(17)21-9-11/h4-6,8-9H,3,7H2,1-2H3,(H,18,19,20). The molecular weight excluding hydrogens is 346 g/mol. The summed E-state index contributed by atoms with van der Waals surface area (Å²) in [6.07, 6.45) is 1.07. The summed E-state index contributed by atoms with van der Waals surface area (Å²) in [6.45, 7) is 5.16. The SMILES string of the molecule is CCCNc1nc(-c2csc(Br)c2)nc2cccc(C)c12. The van der Waals surface area contributed by atoms with Crippen molar-refractivity contribution in [2.24, 2.45) is 0 Å². The van der Waals surface area contributed by atoms with Crippen molar-refractivity contribution in [1.29, 1.82) is 0 Å². The lowest BCUT2D eigenvalue weighted by Crippen LogP contribution is -2.05. The van der Waals surface area contributed by atoms with Crippen molar-refractivity contribution in [1.82, 2.24) is 9.97 Å². The summed E-state index contributed by atoms with van der Waals surface area (Å²) < 4.78 is 1.09. The number of benzene rings is 1. The van der Waals surface area contributed by atoms with E-state index in [0.29, 0.717) is 0 Å². The van der Waals surface area contributed by atoms with Crippen LogP contribution in [0.15, 0.2) is 33.4 Å². The van der Waals surface area contributed by atoms with Gasteiger partial charge in [0, 0.05) is 22.9 Å². The normalized spacial score (nSPS) is 11.0. The van der Waals surface area contributed by atoms with Crippen molar-refractivity contribution >= 4 is 44.0 Å². The molecule has 0 fully saturated rings. The number of aryl methyl sites for hydroxylation is 1. The van der Waals surface area contributed by atoms with Crippen LogP contribution in [0.3, 0.4) is 0 Å². The summed E-state index contributed by atoms with van der Waals surface area (Å²) in [5, 5.41) is 6.62. The Labute approximate surface area is 136 Å². The smallest absolute Gasteiger partial charge is 0.163 e. The van der Waals surface area contributed by atoms with Crippen LogP contribution in [0.25, 0.3) is 22.3 Å². The number of halogens is 1. The molecule has 2 heterocycles. The topological polar surface area (TPSA) is 37.8 Å². The highest BCUT2D eigenvalue weighted by Crippen LogP contribution is 2.31. The Morgan fingerprint density at radius 1 is 1.29 bits per heavy atom. The van der Waals surface area contributed by atoms with E-state index >= 15 is 0 Å². The quantitative estimate of drug-likeness (QED) is 0.689. The molecule has 0 bridgehead atoms. The minimum atomic E-state index is 0.772. The van der Waals surface area contributed by atoms with Gasteiger partial charge in [-0.15, -0.1) is 11.3 Å². The van der Waals surface area contributed by atoms with Crippen LogP contribution >= 0.6 is 27.3 Å². The Morgan fingerprint density at radius 3 is 2.86 bits per heavy atom. The van der Waals surface area contributed by atoms with Crippen LogP contribution in [-0.4, -0.2) is 16.5 Å². The van der Waals surface area contributed by atoms with E-state index in [9.17, 15) is 0 Å². The maximum atomic E-state index is 4.75. The van der Waals surface area contributed by atoms with Crippen LogP contribution in [0, 0.1) is 6.92 Å². The van der Waals surface area contributed by atoms with Crippen molar-refractivity contribution in [2.45, 2.75) is 20.3 Å². The molecule has 3 aromatic rings. The number of anilines is 1. The second-order valence-electron chi connectivity index (χ2n) is 4.93. The van der Waals surface area contributed by atoms with E-state index in [-0.39, 0.29) is 0 Å². The Kier molecular flexibility index (Phi) is 4.22. The summed E-state index contributed by atoms with van der Waals surface area (Å²) in [7, 11) is 0. The lowest BCUT2D eigenvalue weighted by molar-refractivity contribution is 0.970. The fourth-order valence-electron chi connectivity index (χ4n) is 2.28. The van der Waals surface area contributed by atoms with E-state index < -0.39 is 0 Å². The molecule has 0 unspecified atom stereocenters. The van der Waals surface area contributed by atoms with E-state index in [0.717, 1.165) is 44.9 Å². The Hall–Kier alpha value is -1.46. The largest absolute Gasteiger partial charge is 0.369 e. The zero-order valence-electron chi connectivity index (χ0n) is 12.0. The maximum Gasteiger partial charge on any atom is 0.163 e. The highest BCUT2D eigenvalue weighted by molar-refractivity contribution is 9.11. The molecule has 1 aromatic carbocycles. The lowest BCUT2D eigenvalue weighted by atomic mass is 10.1. The third kappa shape index (κ3) is 2.94. The molecule has 2 aromatic heterocycles. The Morgan fingerprint density at radius 2 is 2.14 bits per heavy atom. The number of hydrogen-bond acceptors (Lipinski definition) is 4. The molecule has 3 nitrogen and oxygen atoms in total. The van der Waals surface area contributed by atoms with Crippen molar-refractivity contribution < 1.29 is 0 Å². The van der Waals surface area contributed by atoms with Crippen LogP contribution in [0.2, 0.25) is 0 Å². The minimum Gasteiger partial charge on any atom is -0.369 e. The molecule has 0 spiro atoms. The van der Waals surface area contributed by atoms with Gasteiger partial charge in [-0.3, -0.25) is 0 Å². The Bertz CT molecular complexity index is 782. The monoisotopic (exact) mass is 361 g/mol. The van der Waals surface area contributed by atoms with Crippen LogP contribution in [0.4, 0.5) is 5.82 Å². The van der Waals surface area contributed by atoms with Gasteiger partial charge in [-0.2, -0.15) is 0 Å². The zero-order valence-corrected chi connectivity index (χ0v) is 14.4. The molecule has 1 N–H and O–H groups in total. The van der Waals surface area contributed by atoms with Gasteiger partial charge in [-0.05, 0) is 47.0 Å². The number of hydrogen-bond donors (Lipinski definition) is 1. The summed E-state index contributed by atoms with van der Waals surface area (Å²) >= 11 is 5.15. The molecule has 108 valence electrons. The van der Waals surface area contributed by atoms with Crippen molar-refractivity contribution in [2.75, 3.05) is 11.9 Å². The van der Waals surface area contributed by atoms with E-state index in [4.69, 9.17) is 9.97 Å². The predicted molar refractivity (Wildman–Crippen MR) is 94.1 cm³/mol. The molecule has 0 atom stereocenters. The second-order valence-corrected chi connectivity index (χ2v) is 7.22. The molecule has 0 amide bonds. The summed E-state index contributed by atoms with van der Waals surface area (Å²) in [4.78, 5) is 9.47. The molecule has 5 heteroatoms. The highest BCUT2D eigenvalue weighted by atomic mass is 79.9. The number of fused-ring (bicyclic) bond motifs is 1. The van der Waals surface area contributed by atoms with Crippen molar-refractivity contribution in [3.05, 3.63) is 39.0 Å². The lowest BCUT2D eigenvalue weighted by Gasteiger charge is -2.11. The van der Waals surface area contributed by atoms with E-state index in [2.05, 4.69) is 52.6 Å². The molecule has 21 heavy (non-hydrogen) atoms. The van der Waals surface area contributed by atoms with Gasteiger partial charge in [0.25, 0.3) is 0 Å². The molecule has 0 saturated heterocycles. The van der Waals surface area contributed by atoms with Gasteiger partial charge < -0.3 is 5.32 Å². The molecular formula is C16H16BrN3S. The van der Waals surface area contributed by atoms with Crippen molar-refractivity contribution in [3.8, 4) is 11.4 Å². The third-order valence-electron chi connectivity index (χ3n) is 3.30. The van der Waals surface area contributed by atoms with Gasteiger partial charge in [-0.25, -0.2) is 9.97 Å². The minimum absolute atomic E-state index is 0.772. The molecule has 0 radical (unpaired) electrons. The average molecular weight is 362 g/mol. The summed E-state index contributed by atoms with van der Waals surface area (Å²) in [6, 6.07) is 8.25. The van der Waals surface area contributed by atoms with Crippen LogP contribution < -0.4 is 5.32 Å². The molecule has 3 rings (SSSR count). The number of rotatable bonds is 4. The Balaban J connectivity index is 2.19. The predicted octanol–water partition coefficient (Wildman–Crippen LogP) is 5.25. The second kappa shape index (κ2) is 6.12. The van der Waals surface area contributed by atoms with Gasteiger partial charge in [0.15, 0.2) is 5.82 Å². The number of nitrogens with zero attached hydrogens (tertiary/aromatic N) is 2. The van der Waals surface area contributed by atoms with Gasteiger partial charge in [0.2, 0.25) is 0 Å². The molecule has 0 aliphatic rings. The number of thiophene rings is 1. The van der Waals surface area contributed by atoms with Gasteiger partial charge in [0.1, 0.15) is 5.82 Å². The average Bonchev–Trinajstić information content (AvgIpc) is 2.91. The first kappa shape index (κ1) is 14.5. The molecule has 0 saturated carbocycles. The fourth-order valence-corrected chi connectivity index (χ4v) is 3.42. The van der Waals surface area contributed by atoms with Gasteiger partial charge in [-0.1, -0.05) is 19.1 Å². The van der Waals surface area contributed by atoms with Crippen molar-refractivity contribution in [3.63, 3.8) is 0 Å². The summed E-state index contributed by atoms with van der Waals surface area (Å²) in [5.74, 6) is 1.70. The first-order valence-electron chi connectivity index (χ1n) is 6.94. The fraction of sp³-hybridized carbons (Fsp3) is 0.250. The van der Waals surface area contributed by atoms with E-state index in [1.54, 1.807) is 11.3 Å². The first-order valence-corrected chi connectivity index (χ1v) is 8.62. The van der Waals surface area contributed by atoms with Gasteiger partial charge >= 0.3 is 0 Å². The third-order valence-corrected chi connectivity index (χ3v) is 4.80. The van der Waals surface area contributed by atoms with E-state index in [1.807, 2.05) is 12.1 Å². The number of aromatic nitrogens is 2. The van der Waals surface area contributed by atoms with Crippen LogP contribution in [0.1, 0.15) is 18.9 Å². The number of nitrogens with one attached hydrogen (secondary N) is 1. The van der Waals surface area contributed by atoms with E-state index in [1.165, 1.54) is 5.56 Å². The molecule has 0 aliphatic heterocycles. The first-order chi connectivity index (χ1) is 10.2. The van der Waals surface area contributed by atoms with Crippen LogP contribution in [-0.2, 0) is 0 Å². The molecule has 0 aliphatic carbocycles.